The minimum absolute atomic E-state index is 0.163. The lowest BCUT2D eigenvalue weighted by atomic mass is 9.95. The van der Waals surface area contributed by atoms with Crippen LogP contribution in [0.1, 0.15) is 11.1 Å². The predicted octanol–water partition coefficient (Wildman–Crippen LogP) is 5.31. The van der Waals surface area contributed by atoms with E-state index in [1.54, 1.807) is 6.07 Å². The topological polar surface area (TPSA) is 68.9 Å². The van der Waals surface area contributed by atoms with E-state index in [9.17, 15) is 9.90 Å². The number of H-pyrrole nitrogens is 2. The third-order valence-corrected chi connectivity index (χ3v) is 5.22. The number of aromatic nitrogens is 2. The van der Waals surface area contributed by atoms with Gasteiger partial charge in [0, 0.05) is 22.0 Å². The summed E-state index contributed by atoms with van der Waals surface area (Å²) < 4.78 is 1.17. The van der Waals surface area contributed by atoms with Crippen LogP contribution in [-0.4, -0.2) is 15.1 Å². The van der Waals surface area contributed by atoms with Crippen molar-refractivity contribution >= 4 is 38.9 Å². The molecule has 134 valence electrons. The van der Waals surface area contributed by atoms with Crippen molar-refractivity contribution in [3.8, 4) is 17.0 Å². The van der Waals surface area contributed by atoms with Crippen LogP contribution in [0, 0.1) is 4.77 Å². The van der Waals surface area contributed by atoms with Gasteiger partial charge in [0.2, 0.25) is 0 Å². The van der Waals surface area contributed by atoms with Gasteiger partial charge in [0.25, 0.3) is 5.56 Å². The van der Waals surface area contributed by atoms with Crippen LogP contribution in [0.5, 0.6) is 5.75 Å². The molecular weight excluding hydrogens is 424 g/mol. The van der Waals surface area contributed by atoms with Gasteiger partial charge >= 0.3 is 0 Å². The van der Waals surface area contributed by atoms with Gasteiger partial charge < -0.3 is 10.1 Å². The summed E-state index contributed by atoms with van der Waals surface area (Å²) >= 11 is 8.64. The van der Waals surface area contributed by atoms with Gasteiger partial charge in [-0.05, 0) is 46.8 Å². The first kappa shape index (κ1) is 17.7. The van der Waals surface area contributed by atoms with Crippen molar-refractivity contribution in [1.82, 2.24) is 9.97 Å². The molecule has 0 aliphatic heterocycles. The smallest absolute Gasteiger partial charge is 0.255 e. The number of phenolic OH excluding ortho intramolecular Hbond substituents is 1. The number of nitrogens with one attached hydrogen (secondary N) is 2. The molecule has 4 nitrogen and oxygen atoms in total. The van der Waals surface area contributed by atoms with Crippen LogP contribution in [0.25, 0.3) is 22.0 Å². The number of rotatable bonds is 3. The van der Waals surface area contributed by atoms with Gasteiger partial charge in [-0.2, -0.15) is 0 Å². The maximum atomic E-state index is 12.7. The minimum Gasteiger partial charge on any atom is -0.508 e. The van der Waals surface area contributed by atoms with Gasteiger partial charge in [-0.3, -0.25) is 9.78 Å². The number of hydrogen-bond acceptors (Lipinski definition) is 3. The van der Waals surface area contributed by atoms with Gasteiger partial charge in [-0.15, -0.1) is 0 Å². The fourth-order valence-corrected chi connectivity index (χ4v) is 3.85. The Hall–Kier alpha value is -2.70. The molecule has 0 saturated carbocycles. The van der Waals surface area contributed by atoms with E-state index in [1.807, 2.05) is 54.6 Å². The van der Waals surface area contributed by atoms with E-state index in [0.717, 1.165) is 20.8 Å². The molecule has 27 heavy (non-hydrogen) atoms. The molecule has 0 atom stereocenters. The standard InChI is InChI=1S/C21H15BrN2O2S/c22-14-6-3-5-13(10-14)19-17(20(26)24-21(27)23-19)11-16-15-7-2-1-4-12(15)8-9-18(16)25/h1-10,25H,11H2,(H2,23,24,26,27). The van der Waals surface area contributed by atoms with Crippen LogP contribution < -0.4 is 5.56 Å². The quantitative estimate of drug-likeness (QED) is 0.379. The molecule has 0 radical (unpaired) electrons. The summed E-state index contributed by atoms with van der Waals surface area (Å²) in [6, 6.07) is 19.0. The molecule has 0 bridgehead atoms. The summed E-state index contributed by atoms with van der Waals surface area (Å²) in [5.41, 5.74) is 2.46. The van der Waals surface area contributed by atoms with E-state index in [-0.39, 0.29) is 22.5 Å². The Morgan fingerprint density at radius 1 is 0.963 bits per heavy atom. The third-order valence-electron chi connectivity index (χ3n) is 4.52. The zero-order valence-electron chi connectivity index (χ0n) is 14.1. The first-order chi connectivity index (χ1) is 13.0. The maximum Gasteiger partial charge on any atom is 0.255 e. The van der Waals surface area contributed by atoms with E-state index in [0.29, 0.717) is 16.8 Å². The lowest BCUT2D eigenvalue weighted by Gasteiger charge is -2.13. The van der Waals surface area contributed by atoms with Gasteiger partial charge in [0.15, 0.2) is 4.77 Å². The lowest BCUT2D eigenvalue weighted by molar-refractivity contribution is 0.470. The fraction of sp³-hybridized carbons (Fsp3) is 0.0476. The van der Waals surface area contributed by atoms with Crippen molar-refractivity contribution in [3.63, 3.8) is 0 Å². The third kappa shape index (κ3) is 3.46. The van der Waals surface area contributed by atoms with Crippen LogP contribution >= 0.6 is 28.1 Å². The van der Waals surface area contributed by atoms with Crippen molar-refractivity contribution in [2.45, 2.75) is 6.42 Å². The van der Waals surface area contributed by atoms with Crippen LogP contribution in [0.15, 0.2) is 69.9 Å². The van der Waals surface area contributed by atoms with E-state index < -0.39 is 0 Å². The molecule has 4 rings (SSSR count). The Kier molecular flexibility index (Phi) is 4.68. The number of benzene rings is 3. The van der Waals surface area contributed by atoms with Crippen LogP contribution in [0.3, 0.4) is 0 Å². The number of hydrogen-bond donors (Lipinski definition) is 3. The second-order valence-electron chi connectivity index (χ2n) is 6.23. The van der Waals surface area contributed by atoms with Gasteiger partial charge in [-0.1, -0.05) is 58.4 Å². The molecule has 0 aliphatic rings. The molecular formula is C21H15BrN2O2S. The second-order valence-corrected chi connectivity index (χ2v) is 7.56. The molecule has 3 N–H and O–H groups in total. The Morgan fingerprint density at radius 3 is 2.59 bits per heavy atom. The molecule has 0 spiro atoms. The number of aromatic hydroxyl groups is 1. The minimum atomic E-state index is -0.263. The molecule has 1 aromatic heterocycles. The SMILES string of the molecule is O=c1[nH]c(=S)[nH]c(-c2cccc(Br)c2)c1Cc1c(O)ccc2ccccc12. The summed E-state index contributed by atoms with van der Waals surface area (Å²) in [7, 11) is 0. The van der Waals surface area contributed by atoms with Crippen molar-refractivity contribution in [2.24, 2.45) is 0 Å². The normalized spacial score (nSPS) is 11.0. The fourth-order valence-electron chi connectivity index (χ4n) is 3.26. The van der Waals surface area contributed by atoms with E-state index in [2.05, 4.69) is 25.9 Å². The number of fused-ring (bicyclic) bond motifs is 1. The molecule has 6 heteroatoms. The molecule has 3 aromatic carbocycles. The first-order valence-electron chi connectivity index (χ1n) is 8.34. The Labute approximate surface area is 168 Å². The van der Waals surface area contributed by atoms with Crippen molar-refractivity contribution in [3.05, 3.63) is 91.4 Å². The number of phenols is 1. The van der Waals surface area contributed by atoms with E-state index >= 15 is 0 Å². The highest BCUT2D eigenvalue weighted by molar-refractivity contribution is 9.10. The zero-order chi connectivity index (χ0) is 19.0. The van der Waals surface area contributed by atoms with Gasteiger partial charge in [0.1, 0.15) is 5.75 Å². The predicted molar refractivity (Wildman–Crippen MR) is 114 cm³/mol. The maximum absolute atomic E-state index is 12.7. The molecule has 4 aromatic rings. The monoisotopic (exact) mass is 438 g/mol. The van der Waals surface area contributed by atoms with Crippen LogP contribution in [-0.2, 0) is 6.42 Å². The molecule has 0 aliphatic carbocycles. The first-order valence-corrected chi connectivity index (χ1v) is 9.54. The highest BCUT2D eigenvalue weighted by Gasteiger charge is 2.15. The van der Waals surface area contributed by atoms with Crippen molar-refractivity contribution < 1.29 is 5.11 Å². The molecule has 0 fully saturated rings. The summed E-state index contributed by atoms with van der Waals surface area (Å²) in [6.45, 7) is 0. The average molecular weight is 439 g/mol. The highest BCUT2D eigenvalue weighted by atomic mass is 79.9. The second kappa shape index (κ2) is 7.13. The van der Waals surface area contributed by atoms with E-state index in [4.69, 9.17) is 12.2 Å². The number of halogens is 1. The summed E-state index contributed by atoms with van der Waals surface area (Å²) in [6.07, 6.45) is 0.274. The van der Waals surface area contributed by atoms with Crippen molar-refractivity contribution in [2.75, 3.05) is 0 Å². The Bertz CT molecular complexity index is 1280. The lowest BCUT2D eigenvalue weighted by Crippen LogP contribution is -2.16. The van der Waals surface area contributed by atoms with Crippen molar-refractivity contribution in [1.29, 1.82) is 0 Å². The summed E-state index contributed by atoms with van der Waals surface area (Å²) in [5.74, 6) is 0.163. The van der Waals surface area contributed by atoms with Crippen LogP contribution in [0.2, 0.25) is 0 Å². The Morgan fingerprint density at radius 2 is 1.78 bits per heavy atom. The molecule has 0 saturated heterocycles. The number of aromatic amines is 2. The average Bonchev–Trinajstić information content (AvgIpc) is 2.65. The highest BCUT2D eigenvalue weighted by Crippen LogP contribution is 2.31. The largest absolute Gasteiger partial charge is 0.508 e. The van der Waals surface area contributed by atoms with Gasteiger partial charge in [0.05, 0.1) is 5.69 Å². The zero-order valence-corrected chi connectivity index (χ0v) is 16.5. The van der Waals surface area contributed by atoms with E-state index in [1.165, 1.54) is 0 Å². The van der Waals surface area contributed by atoms with Gasteiger partial charge in [-0.25, -0.2) is 0 Å². The molecule has 0 amide bonds. The Balaban J connectivity index is 1.95. The molecule has 0 unspecified atom stereocenters. The van der Waals surface area contributed by atoms with Crippen LogP contribution in [0.4, 0.5) is 0 Å². The summed E-state index contributed by atoms with van der Waals surface area (Å²) in [5, 5.41) is 12.4. The summed E-state index contributed by atoms with van der Waals surface area (Å²) in [4.78, 5) is 18.5. The molecule has 1 heterocycles.